The molecule has 0 amide bonds. The Bertz CT molecular complexity index is 329. The third-order valence-electron chi connectivity index (χ3n) is 3.64. The number of rotatable bonds is 4. The number of nitrogens with zero attached hydrogens (tertiary/aromatic N) is 1. The van der Waals surface area contributed by atoms with Crippen LogP contribution < -0.4 is 10.6 Å². The molecule has 17 heavy (non-hydrogen) atoms. The lowest BCUT2D eigenvalue weighted by Gasteiger charge is -2.33. The number of piperidine rings is 1. The van der Waals surface area contributed by atoms with Gasteiger partial charge >= 0.3 is 0 Å². The Balaban J connectivity index is 1.84. The topological polar surface area (TPSA) is 49.5 Å². The third kappa shape index (κ3) is 3.37. The summed E-state index contributed by atoms with van der Waals surface area (Å²) >= 11 is 0. The second kappa shape index (κ2) is 5.92. The van der Waals surface area contributed by atoms with Gasteiger partial charge in [-0.25, -0.2) is 0 Å². The van der Waals surface area contributed by atoms with Crippen molar-refractivity contribution in [2.45, 2.75) is 25.7 Å². The van der Waals surface area contributed by atoms with Crippen molar-refractivity contribution in [3.63, 3.8) is 0 Å². The van der Waals surface area contributed by atoms with Crippen molar-refractivity contribution in [3.8, 4) is 0 Å². The molecule has 1 aromatic rings. The van der Waals surface area contributed by atoms with E-state index in [1.54, 1.807) is 0 Å². The molecule has 2 rings (SSSR count). The fourth-order valence-corrected chi connectivity index (χ4v) is 2.54. The maximum atomic E-state index is 8.83. The Morgan fingerprint density at radius 3 is 2.41 bits per heavy atom. The molecule has 1 heterocycles. The van der Waals surface area contributed by atoms with Crippen LogP contribution in [-0.4, -0.2) is 24.8 Å². The zero-order valence-corrected chi connectivity index (χ0v) is 10.3. The average molecular weight is 234 g/mol. The number of nitrogens with two attached hydrogens (primary N) is 1. The summed E-state index contributed by atoms with van der Waals surface area (Å²) in [5, 5.41) is 8.83. The Hall–Kier alpha value is -1.22. The van der Waals surface area contributed by atoms with Gasteiger partial charge in [0.2, 0.25) is 0 Å². The first kappa shape index (κ1) is 12.2. The second-order valence-corrected chi connectivity index (χ2v) is 4.89. The van der Waals surface area contributed by atoms with Crippen molar-refractivity contribution >= 4 is 11.4 Å². The Kier molecular flexibility index (Phi) is 4.26. The normalized spacial score (nSPS) is 17.4. The minimum atomic E-state index is 0.332. The van der Waals surface area contributed by atoms with Gasteiger partial charge in [0.15, 0.2) is 0 Å². The Labute approximate surface area is 103 Å². The van der Waals surface area contributed by atoms with E-state index in [9.17, 15) is 0 Å². The molecule has 0 aliphatic carbocycles. The molecule has 1 aromatic carbocycles. The minimum absolute atomic E-state index is 0.332. The van der Waals surface area contributed by atoms with Crippen LogP contribution in [0.3, 0.4) is 0 Å². The molecular weight excluding hydrogens is 212 g/mol. The third-order valence-corrected chi connectivity index (χ3v) is 3.64. The monoisotopic (exact) mass is 234 g/mol. The van der Waals surface area contributed by atoms with Gasteiger partial charge in [-0.2, -0.15) is 0 Å². The van der Waals surface area contributed by atoms with Crippen LogP contribution in [0.4, 0.5) is 11.4 Å². The predicted molar refractivity (Wildman–Crippen MR) is 72.1 cm³/mol. The van der Waals surface area contributed by atoms with Gasteiger partial charge < -0.3 is 15.7 Å². The molecule has 0 radical (unpaired) electrons. The average Bonchev–Trinajstić information content (AvgIpc) is 2.38. The van der Waals surface area contributed by atoms with Crippen LogP contribution in [0.2, 0.25) is 0 Å². The van der Waals surface area contributed by atoms with Gasteiger partial charge in [-0.1, -0.05) is 0 Å². The number of hydrogen-bond acceptors (Lipinski definition) is 3. The van der Waals surface area contributed by atoms with Crippen molar-refractivity contribution in [3.05, 3.63) is 24.3 Å². The zero-order chi connectivity index (χ0) is 12.1. The fraction of sp³-hybridized carbons (Fsp3) is 0.571. The van der Waals surface area contributed by atoms with Crippen LogP contribution >= 0.6 is 0 Å². The van der Waals surface area contributed by atoms with Crippen LogP contribution in [0.1, 0.15) is 25.7 Å². The molecule has 1 saturated heterocycles. The van der Waals surface area contributed by atoms with Crippen molar-refractivity contribution in [1.29, 1.82) is 0 Å². The SMILES string of the molecule is Nc1ccc(N2CCC(CCCO)CC2)cc1. The van der Waals surface area contributed by atoms with Gasteiger partial charge in [-0.3, -0.25) is 0 Å². The summed E-state index contributed by atoms with van der Waals surface area (Å²) in [6.45, 7) is 2.58. The van der Waals surface area contributed by atoms with Gasteiger partial charge in [0.25, 0.3) is 0 Å². The molecule has 0 aromatic heterocycles. The number of hydrogen-bond donors (Lipinski definition) is 2. The van der Waals surface area contributed by atoms with Crippen LogP contribution in [0.25, 0.3) is 0 Å². The lowest BCUT2D eigenvalue weighted by atomic mass is 9.92. The van der Waals surface area contributed by atoms with Crippen LogP contribution in [0, 0.1) is 5.92 Å². The molecule has 0 saturated carbocycles. The van der Waals surface area contributed by atoms with E-state index in [-0.39, 0.29) is 0 Å². The lowest BCUT2D eigenvalue weighted by Crippen LogP contribution is -2.33. The summed E-state index contributed by atoms with van der Waals surface area (Å²) in [5.41, 5.74) is 7.79. The molecule has 1 aliphatic rings. The molecule has 0 unspecified atom stereocenters. The van der Waals surface area contributed by atoms with Crippen molar-refractivity contribution in [2.24, 2.45) is 5.92 Å². The van der Waals surface area contributed by atoms with E-state index in [1.807, 2.05) is 12.1 Å². The smallest absolute Gasteiger partial charge is 0.0431 e. The zero-order valence-electron chi connectivity index (χ0n) is 10.3. The number of anilines is 2. The molecule has 1 fully saturated rings. The van der Waals surface area contributed by atoms with Gasteiger partial charge in [-0.15, -0.1) is 0 Å². The van der Waals surface area contributed by atoms with Crippen molar-refractivity contribution < 1.29 is 5.11 Å². The highest BCUT2D eigenvalue weighted by Gasteiger charge is 2.18. The highest BCUT2D eigenvalue weighted by molar-refractivity contribution is 5.53. The Morgan fingerprint density at radius 2 is 1.82 bits per heavy atom. The molecule has 3 N–H and O–H groups in total. The van der Waals surface area contributed by atoms with Gasteiger partial charge in [0.1, 0.15) is 0 Å². The highest BCUT2D eigenvalue weighted by Crippen LogP contribution is 2.26. The quantitative estimate of drug-likeness (QED) is 0.786. The lowest BCUT2D eigenvalue weighted by molar-refractivity contribution is 0.261. The molecule has 3 heteroatoms. The van der Waals surface area contributed by atoms with Gasteiger partial charge in [-0.05, 0) is 55.9 Å². The summed E-state index contributed by atoms with van der Waals surface area (Å²) in [7, 11) is 0. The summed E-state index contributed by atoms with van der Waals surface area (Å²) in [4.78, 5) is 2.43. The number of nitrogen functional groups attached to an aromatic ring is 1. The van der Waals surface area contributed by atoms with E-state index in [0.717, 1.165) is 31.1 Å². The Morgan fingerprint density at radius 1 is 1.18 bits per heavy atom. The standard InChI is InChI=1S/C14H22N2O/c15-13-3-5-14(6-4-13)16-9-7-12(8-10-16)2-1-11-17/h3-6,12,17H,1-2,7-11,15H2. The molecule has 1 aliphatic heterocycles. The first-order chi connectivity index (χ1) is 8.29. The molecule has 0 spiro atoms. The van der Waals surface area contributed by atoms with Gasteiger partial charge in [0, 0.05) is 31.1 Å². The molecule has 94 valence electrons. The predicted octanol–water partition coefficient (Wildman–Crippen LogP) is 2.26. The van der Waals surface area contributed by atoms with Gasteiger partial charge in [0.05, 0.1) is 0 Å². The van der Waals surface area contributed by atoms with E-state index in [0.29, 0.717) is 6.61 Å². The van der Waals surface area contributed by atoms with Crippen LogP contribution in [0.5, 0.6) is 0 Å². The van der Waals surface area contributed by atoms with E-state index in [2.05, 4.69) is 17.0 Å². The van der Waals surface area contributed by atoms with Crippen LogP contribution in [-0.2, 0) is 0 Å². The maximum absolute atomic E-state index is 8.83. The number of benzene rings is 1. The summed E-state index contributed by atoms with van der Waals surface area (Å²) in [5.74, 6) is 0.798. The van der Waals surface area contributed by atoms with Crippen molar-refractivity contribution in [1.82, 2.24) is 0 Å². The molecule has 3 nitrogen and oxygen atoms in total. The minimum Gasteiger partial charge on any atom is -0.399 e. The first-order valence-corrected chi connectivity index (χ1v) is 6.51. The van der Waals surface area contributed by atoms with E-state index < -0.39 is 0 Å². The summed E-state index contributed by atoms with van der Waals surface area (Å²) in [6, 6.07) is 8.13. The molecule has 0 atom stereocenters. The van der Waals surface area contributed by atoms with E-state index in [1.165, 1.54) is 24.9 Å². The summed E-state index contributed by atoms with van der Waals surface area (Å²) < 4.78 is 0. The highest BCUT2D eigenvalue weighted by atomic mass is 16.2. The fourth-order valence-electron chi connectivity index (χ4n) is 2.54. The number of aliphatic hydroxyl groups is 1. The molecular formula is C14H22N2O. The summed E-state index contributed by atoms with van der Waals surface area (Å²) in [6.07, 6.45) is 4.60. The maximum Gasteiger partial charge on any atom is 0.0431 e. The molecule has 0 bridgehead atoms. The van der Waals surface area contributed by atoms with E-state index in [4.69, 9.17) is 10.8 Å². The second-order valence-electron chi connectivity index (χ2n) is 4.89. The first-order valence-electron chi connectivity index (χ1n) is 6.51. The van der Waals surface area contributed by atoms with Crippen LogP contribution in [0.15, 0.2) is 24.3 Å². The number of aliphatic hydroxyl groups excluding tert-OH is 1. The van der Waals surface area contributed by atoms with Crippen molar-refractivity contribution in [2.75, 3.05) is 30.3 Å². The van der Waals surface area contributed by atoms with E-state index >= 15 is 0 Å². The largest absolute Gasteiger partial charge is 0.399 e.